The molecule has 8 heteroatoms. The fourth-order valence-electron chi connectivity index (χ4n) is 1.97. The van der Waals surface area contributed by atoms with Gasteiger partial charge in [0, 0.05) is 27.7 Å². The molecule has 0 aliphatic carbocycles. The van der Waals surface area contributed by atoms with Gasteiger partial charge in [-0.1, -0.05) is 41.4 Å². The first-order valence-corrected chi connectivity index (χ1v) is 8.54. The number of nitrogens with one attached hydrogen (secondary N) is 2. The van der Waals surface area contributed by atoms with Crippen LogP contribution in [-0.4, -0.2) is 24.6 Å². The maximum atomic E-state index is 11.5. The Morgan fingerprint density at radius 2 is 1.92 bits per heavy atom. The second-order valence-electron chi connectivity index (χ2n) is 5.12. The van der Waals surface area contributed by atoms with Crippen molar-refractivity contribution in [2.45, 2.75) is 13.5 Å². The molecule has 0 saturated carbocycles. The van der Waals surface area contributed by atoms with E-state index < -0.39 is 11.8 Å². The quantitative estimate of drug-likeness (QED) is 0.449. The smallest absolute Gasteiger partial charge is 0.329 e. The van der Waals surface area contributed by atoms with Gasteiger partial charge in [0.25, 0.3) is 0 Å². The first kappa shape index (κ1) is 19.8. The SMILES string of the molecule is CCNC(=O)C(=O)N/N=C\c1cc(Cl)ccc1OCc1ccccc1Cl. The van der Waals surface area contributed by atoms with E-state index in [1.807, 2.05) is 18.2 Å². The second kappa shape index (κ2) is 9.79. The van der Waals surface area contributed by atoms with E-state index in [-0.39, 0.29) is 6.61 Å². The molecule has 136 valence electrons. The van der Waals surface area contributed by atoms with Gasteiger partial charge in [-0.15, -0.1) is 0 Å². The van der Waals surface area contributed by atoms with Gasteiger partial charge in [-0.2, -0.15) is 5.10 Å². The fourth-order valence-corrected chi connectivity index (χ4v) is 2.35. The molecule has 6 nitrogen and oxygen atoms in total. The number of amides is 2. The van der Waals surface area contributed by atoms with Gasteiger partial charge in [0.05, 0.1) is 6.21 Å². The van der Waals surface area contributed by atoms with Crippen LogP contribution in [0.25, 0.3) is 0 Å². The maximum Gasteiger partial charge on any atom is 0.329 e. The van der Waals surface area contributed by atoms with E-state index in [1.54, 1.807) is 31.2 Å². The van der Waals surface area contributed by atoms with Crippen LogP contribution in [0.1, 0.15) is 18.1 Å². The minimum atomic E-state index is -0.858. The van der Waals surface area contributed by atoms with Crippen LogP contribution >= 0.6 is 23.2 Å². The summed E-state index contributed by atoms with van der Waals surface area (Å²) in [5, 5.41) is 7.23. The number of hydrazone groups is 1. The van der Waals surface area contributed by atoms with Crippen molar-refractivity contribution in [1.82, 2.24) is 10.7 Å². The van der Waals surface area contributed by atoms with Crippen LogP contribution in [0.3, 0.4) is 0 Å². The number of halogens is 2. The third-order valence-corrected chi connectivity index (χ3v) is 3.83. The highest BCUT2D eigenvalue weighted by molar-refractivity contribution is 6.35. The van der Waals surface area contributed by atoms with Crippen LogP contribution in [0.15, 0.2) is 47.6 Å². The van der Waals surface area contributed by atoms with Crippen molar-refractivity contribution in [2.75, 3.05) is 6.54 Å². The molecule has 2 rings (SSSR count). The van der Waals surface area contributed by atoms with Crippen LogP contribution in [0.4, 0.5) is 0 Å². The molecule has 0 aromatic heterocycles. The standard InChI is InChI=1S/C18H17Cl2N3O3/c1-2-21-17(24)18(25)23-22-10-13-9-14(19)7-8-16(13)26-11-12-5-3-4-6-15(12)20/h3-10H,2,11H2,1H3,(H,21,24)(H,23,25)/b22-10-. The maximum absolute atomic E-state index is 11.5. The molecule has 0 unspecified atom stereocenters. The number of nitrogens with zero attached hydrogens (tertiary/aromatic N) is 1. The number of hydrogen-bond acceptors (Lipinski definition) is 4. The zero-order chi connectivity index (χ0) is 18.9. The van der Waals surface area contributed by atoms with Crippen LogP contribution in [0.2, 0.25) is 10.0 Å². The van der Waals surface area contributed by atoms with Gasteiger partial charge >= 0.3 is 11.8 Å². The lowest BCUT2D eigenvalue weighted by Gasteiger charge is -2.10. The summed E-state index contributed by atoms with van der Waals surface area (Å²) in [7, 11) is 0. The number of carbonyl (C=O) groups excluding carboxylic acids is 2. The van der Waals surface area contributed by atoms with Gasteiger partial charge in [0.1, 0.15) is 12.4 Å². The predicted molar refractivity (Wildman–Crippen MR) is 102 cm³/mol. The lowest BCUT2D eigenvalue weighted by Crippen LogP contribution is -2.37. The molecule has 0 aliphatic heterocycles. The minimum absolute atomic E-state index is 0.257. The topological polar surface area (TPSA) is 79.8 Å². The molecule has 2 aromatic rings. The third kappa shape index (κ3) is 5.75. The minimum Gasteiger partial charge on any atom is -0.488 e. The summed E-state index contributed by atoms with van der Waals surface area (Å²) < 4.78 is 5.78. The Morgan fingerprint density at radius 1 is 1.15 bits per heavy atom. The number of ether oxygens (including phenoxy) is 1. The van der Waals surface area contributed by atoms with Gasteiger partial charge in [-0.3, -0.25) is 9.59 Å². The van der Waals surface area contributed by atoms with E-state index in [1.165, 1.54) is 6.21 Å². The molecule has 0 saturated heterocycles. The van der Waals surface area contributed by atoms with Gasteiger partial charge in [-0.05, 0) is 31.2 Å². The van der Waals surface area contributed by atoms with Crippen molar-refractivity contribution < 1.29 is 14.3 Å². The van der Waals surface area contributed by atoms with Gasteiger partial charge < -0.3 is 10.1 Å². The van der Waals surface area contributed by atoms with Gasteiger partial charge in [-0.25, -0.2) is 5.43 Å². The van der Waals surface area contributed by atoms with Gasteiger partial charge in [0.15, 0.2) is 0 Å². The molecular formula is C18H17Cl2N3O3. The number of likely N-dealkylation sites (N-methyl/N-ethyl adjacent to an activating group) is 1. The van der Waals surface area contributed by atoms with Crippen molar-refractivity contribution in [3.8, 4) is 5.75 Å². The number of rotatable bonds is 6. The van der Waals surface area contributed by atoms with E-state index in [0.29, 0.717) is 27.9 Å². The Morgan fingerprint density at radius 3 is 2.65 bits per heavy atom. The lowest BCUT2D eigenvalue weighted by atomic mass is 10.2. The Bertz CT molecular complexity index is 825. The van der Waals surface area contributed by atoms with Crippen LogP contribution in [0, 0.1) is 0 Å². The third-order valence-electron chi connectivity index (χ3n) is 3.23. The highest BCUT2D eigenvalue weighted by Crippen LogP contribution is 2.24. The Kier molecular flexibility index (Phi) is 7.44. The summed E-state index contributed by atoms with van der Waals surface area (Å²) in [4.78, 5) is 22.9. The summed E-state index contributed by atoms with van der Waals surface area (Å²) >= 11 is 12.1. The van der Waals surface area contributed by atoms with E-state index in [0.717, 1.165) is 5.56 Å². The van der Waals surface area contributed by atoms with Gasteiger partial charge in [0.2, 0.25) is 0 Å². The summed E-state index contributed by atoms with van der Waals surface area (Å²) in [6.45, 7) is 2.32. The van der Waals surface area contributed by atoms with Crippen molar-refractivity contribution in [3.63, 3.8) is 0 Å². The molecule has 0 bridgehead atoms. The molecule has 0 aliphatic rings. The summed E-state index contributed by atoms with van der Waals surface area (Å²) in [5.41, 5.74) is 3.52. The summed E-state index contributed by atoms with van der Waals surface area (Å²) in [5.74, 6) is -1.11. The largest absolute Gasteiger partial charge is 0.488 e. The van der Waals surface area contributed by atoms with Crippen LogP contribution in [-0.2, 0) is 16.2 Å². The summed E-state index contributed by atoms with van der Waals surface area (Å²) in [6, 6.07) is 12.3. The molecule has 26 heavy (non-hydrogen) atoms. The zero-order valence-corrected chi connectivity index (χ0v) is 15.5. The molecule has 0 atom stereocenters. The molecule has 0 spiro atoms. The first-order valence-electron chi connectivity index (χ1n) is 7.78. The highest BCUT2D eigenvalue weighted by atomic mass is 35.5. The molecule has 2 aromatic carbocycles. The molecule has 0 radical (unpaired) electrons. The fraction of sp³-hybridized carbons (Fsp3) is 0.167. The van der Waals surface area contributed by atoms with E-state index in [4.69, 9.17) is 27.9 Å². The number of benzene rings is 2. The average molecular weight is 394 g/mol. The average Bonchev–Trinajstić information content (AvgIpc) is 2.62. The van der Waals surface area contributed by atoms with E-state index in [2.05, 4.69) is 15.8 Å². The lowest BCUT2D eigenvalue weighted by molar-refractivity contribution is -0.139. The Hall–Kier alpha value is -2.57. The number of hydrogen-bond donors (Lipinski definition) is 2. The zero-order valence-electron chi connectivity index (χ0n) is 14.0. The summed E-state index contributed by atoms with van der Waals surface area (Å²) in [6.07, 6.45) is 1.35. The first-order chi connectivity index (χ1) is 12.5. The molecule has 0 fully saturated rings. The van der Waals surface area contributed by atoms with Crippen LogP contribution in [0.5, 0.6) is 5.75 Å². The Labute approximate surface area is 161 Å². The normalized spacial score (nSPS) is 10.6. The van der Waals surface area contributed by atoms with Crippen molar-refractivity contribution in [1.29, 1.82) is 0 Å². The number of carbonyl (C=O) groups is 2. The Balaban J connectivity index is 2.07. The molecule has 2 amide bonds. The highest BCUT2D eigenvalue weighted by Gasteiger charge is 2.11. The van der Waals surface area contributed by atoms with Crippen molar-refractivity contribution in [2.24, 2.45) is 5.10 Å². The van der Waals surface area contributed by atoms with E-state index in [9.17, 15) is 9.59 Å². The predicted octanol–water partition coefficient (Wildman–Crippen LogP) is 3.16. The van der Waals surface area contributed by atoms with E-state index >= 15 is 0 Å². The molecule has 2 N–H and O–H groups in total. The monoisotopic (exact) mass is 393 g/mol. The molecular weight excluding hydrogens is 377 g/mol. The second-order valence-corrected chi connectivity index (χ2v) is 5.96. The molecule has 0 heterocycles. The van der Waals surface area contributed by atoms with Crippen molar-refractivity contribution >= 4 is 41.2 Å². The van der Waals surface area contributed by atoms with Crippen molar-refractivity contribution in [3.05, 3.63) is 63.6 Å². The van der Waals surface area contributed by atoms with Crippen LogP contribution < -0.4 is 15.5 Å².